The Kier molecular flexibility index (Phi) is 6.77. The molecule has 1 aliphatic carbocycles. The minimum Gasteiger partial charge on any atom is -0.449 e. The number of benzene rings is 1. The van der Waals surface area contributed by atoms with Crippen LogP contribution in [0.1, 0.15) is 57.3 Å². The number of carbonyl (C=O) groups is 3. The van der Waals surface area contributed by atoms with Crippen LogP contribution < -0.4 is 10.6 Å². The quantitative estimate of drug-likeness (QED) is 0.790. The summed E-state index contributed by atoms with van der Waals surface area (Å²) in [7, 11) is 0. The maximum atomic E-state index is 12.4. The maximum absolute atomic E-state index is 12.4. The van der Waals surface area contributed by atoms with Crippen molar-refractivity contribution in [3.63, 3.8) is 0 Å². The molecule has 0 radical (unpaired) electrons. The molecule has 0 aromatic heterocycles. The third kappa shape index (κ3) is 5.31. The molecule has 2 amide bonds. The molecule has 1 saturated carbocycles. The second-order valence-corrected chi connectivity index (χ2v) is 7.19. The Balaban J connectivity index is 1.89. The second-order valence-electron chi connectivity index (χ2n) is 7.19. The summed E-state index contributed by atoms with van der Waals surface area (Å²) in [6, 6.07) is 6.48. The van der Waals surface area contributed by atoms with Crippen molar-refractivity contribution >= 4 is 23.5 Å². The molecule has 26 heavy (non-hydrogen) atoms. The first-order valence-corrected chi connectivity index (χ1v) is 9.17. The molecule has 6 heteroatoms. The third-order valence-corrected chi connectivity index (χ3v) is 5.13. The van der Waals surface area contributed by atoms with E-state index in [-0.39, 0.29) is 17.9 Å². The van der Waals surface area contributed by atoms with Crippen LogP contribution in [0.15, 0.2) is 24.3 Å². The lowest BCUT2D eigenvalue weighted by molar-refractivity contribution is -0.130. The molecule has 6 nitrogen and oxygen atoms in total. The van der Waals surface area contributed by atoms with Crippen LogP contribution >= 0.6 is 0 Å². The minimum absolute atomic E-state index is 0.129. The molecule has 4 atom stereocenters. The lowest BCUT2D eigenvalue weighted by atomic mass is 9.78. The zero-order chi connectivity index (χ0) is 19.3. The van der Waals surface area contributed by atoms with E-state index in [1.807, 2.05) is 0 Å². The summed E-state index contributed by atoms with van der Waals surface area (Å²) >= 11 is 0. The zero-order valence-electron chi connectivity index (χ0n) is 15.9. The van der Waals surface area contributed by atoms with Crippen LogP contribution in [0.25, 0.3) is 0 Å². The minimum atomic E-state index is -0.859. The van der Waals surface area contributed by atoms with Gasteiger partial charge in [0.1, 0.15) is 0 Å². The first-order valence-electron chi connectivity index (χ1n) is 9.17. The number of carbonyl (C=O) groups excluding carboxylic acids is 3. The van der Waals surface area contributed by atoms with Crippen LogP contribution in [0.5, 0.6) is 0 Å². The van der Waals surface area contributed by atoms with Crippen molar-refractivity contribution in [2.45, 2.75) is 59.1 Å². The third-order valence-electron chi connectivity index (χ3n) is 5.13. The molecule has 0 saturated heterocycles. The number of amides is 2. The van der Waals surface area contributed by atoms with Crippen molar-refractivity contribution in [1.29, 1.82) is 0 Å². The van der Waals surface area contributed by atoms with E-state index in [4.69, 9.17) is 4.74 Å². The summed E-state index contributed by atoms with van der Waals surface area (Å²) in [4.78, 5) is 35.6. The van der Waals surface area contributed by atoms with Crippen LogP contribution in [0.2, 0.25) is 0 Å². The average molecular weight is 360 g/mol. The van der Waals surface area contributed by atoms with Crippen LogP contribution in [-0.4, -0.2) is 29.9 Å². The number of hydrogen-bond donors (Lipinski definition) is 2. The predicted molar refractivity (Wildman–Crippen MR) is 99.7 cm³/mol. The smallest absolute Gasteiger partial charge is 0.338 e. The van der Waals surface area contributed by atoms with Gasteiger partial charge >= 0.3 is 5.97 Å². The monoisotopic (exact) mass is 360 g/mol. The highest BCUT2D eigenvalue weighted by Gasteiger charge is 2.30. The van der Waals surface area contributed by atoms with E-state index in [0.29, 0.717) is 23.1 Å². The molecule has 142 valence electrons. The van der Waals surface area contributed by atoms with Gasteiger partial charge in [0.2, 0.25) is 5.91 Å². The molecular weight excluding hydrogens is 332 g/mol. The van der Waals surface area contributed by atoms with Gasteiger partial charge in [-0.3, -0.25) is 9.59 Å². The van der Waals surface area contributed by atoms with Gasteiger partial charge in [0, 0.05) is 18.7 Å². The molecule has 2 N–H and O–H groups in total. The van der Waals surface area contributed by atoms with Crippen molar-refractivity contribution in [2.75, 3.05) is 5.32 Å². The summed E-state index contributed by atoms with van der Waals surface area (Å²) in [6.07, 6.45) is 2.39. The van der Waals surface area contributed by atoms with Crippen molar-refractivity contribution in [3.05, 3.63) is 29.8 Å². The summed E-state index contributed by atoms with van der Waals surface area (Å²) in [5, 5.41) is 5.65. The highest BCUT2D eigenvalue weighted by atomic mass is 16.5. The van der Waals surface area contributed by atoms with Crippen molar-refractivity contribution in [2.24, 2.45) is 11.8 Å². The molecule has 0 bridgehead atoms. The van der Waals surface area contributed by atoms with Crippen LogP contribution in [-0.2, 0) is 14.3 Å². The maximum Gasteiger partial charge on any atom is 0.338 e. The Morgan fingerprint density at radius 2 is 1.77 bits per heavy atom. The highest BCUT2D eigenvalue weighted by molar-refractivity contribution is 5.93. The molecule has 0 aliphatic heterocycles. The number of ether oxygens (including phenoxy) is 1. The van der Waals surface area contributed by atoms with Crippen molar-refractivity contribution in [1.82, 2.24) is 5.32 Å². The number of esters is 1. The van der Waals surface area contributed by atoms with Crippen molar-refractivity contribution < 1.29 is 19.1 Å². The SMILES string of the molecule is CC(=O)Nc1ccc(C(=O)O[C@H](C)C(=O)N[C@@H]2CCC[C@H](C)[C@H]2C)cc1. The van der Waals surface area contributed by atoms with E-state index in [2.05, 4.69) is 24.5 Å². The van der Waals surface area contributed by atoms with Crippen LogP contribution in [0.3, 0.4) is 0 Å². The van der Waals surface area contributed by atoms with E-state index in [1.165, 1.54) is 13.3 Å². The lowest BCUT2D eigenvalue weighted by Gasteiger charge is -2.35. The van der Waals surface area contributed by atoms with E-state index in [0.717, 1.165) is 12.8 Å². The Hall–Kier alpha value is -2.37. The fourth-order valence-corrected chi connectivity index (χ4v) is 3.26. The van der Waals surface area contributed by atoms with E-state index in [1.54, 1.807) is 31.2 Å². The largest absolute Gasteiger partial charge is 0.449 e. The highest BCUT2D eigenvalue weighted by Crippen LogP contribution is 2.29. The van der Waals surface area contributed by atoms with Gasteiger partial charge in [-0.2, -0.15) is 0 Å². The van der Waals surface area contributed by atoms with Gasteiger partial charge in [0.25, 0.3) is 5.91 Å². The zero-order valence-corrected chi connectivity index (χ0v) is 15.9. The number of anilines is 1. The Labute approximate surface area is 154 Å². The average Bonchev–Trinajstić information content (AvgIpc) is 2.59. The lowest BCUT2D eigenvalue weighted by Crippen LogP contribution is -2.47. The van der Waals surface area contributed by atoms with Gasteiger partial charge in [-0.25, -0.2) is 4.79 Å². The van der Waals surface area contributed by atoms with Crippen LogP contribution in [0, 0.1) is 11.8 Å². The standard InChI is InChI=1S/C20H28N2O4/c1-12-6-5-7-18(13(12)2)22-19(24)14(3)26-20(25)16-8-10-17(11-9-16)21-15(4)23/h8-14,18H,5-7H2,1-4H3,(H,21,23)(H,22,24)/t12-,13+,14+,18+/m0/s1. The fraction of sp³-hybridized carbons (Fsp3) is 0.550. The molecule has 0 unspecified atom stereocenters. The second kappa shape index (κ2) is 8.83. The predicted octanol–water partition coefficient (Wildman–Crippen LogP) is 3.13. The Morgan fingerprint density at radius 3 is 2.38 bits per heavy atom. The van der Waals surface area contributed by atoms with Gasteiger partial charge in [-0.15, -0.1) is 0 Å². The summed E-state index contributed by atoms with van der Waals surface area (Å²) in [5.74, 6) is -0.0194. The number of rotatable bonds is 5. The van der Waals surface area contributed by atoms with E-state index < -0.39 is 12.1 Å². The summed E-state index contributed by atoms with van der Waals surface area (Å²) in [6.45, 7) is 7.35. The van der Waals surface area contributed by atoms with E-state index >= 15 is 0 Å². The molecule has 1 fully saturated rings. The van der Waals surface area contributed by atoms with Gasteiger partial charge in [-0.05, 0) is 49.4 Å². The molecule has 0 spiro atoms. The molecule has 0 heterocycles. The summed E-state index contributed by atoms with van der Waals surface area (Å²) in [5.41, 5.74) is 0.929. The molecule has 1 aliphatic rings. The Bertz CT molecular complexity index is 656. The van der Waals surface area contributed by atoms with Crippen LogP contribution in [0.4, 0.5) is 5.69 Å². The topological polar surface area (TPSA) is 84.5 Å². The fourth-order valence-electron chi connectivity index (χ4n) is 3.26. The van der Waals surface area contributed by atoms with Gasteiger partial charge in [-0.1, -0.05) is 26.7 Å². The molecule has 1 aromatic carbocycles. The first-order chi connectivity index (χ1) is 12.3. The normalized spacial score (nSPS) is 23.6. The number of hydrogen-bond acceptors (Lipinski definition) is 4. The Morgan fingerprint density at radius 1 is 1.12 bits per heavy atom. The molecule has 1 aromatic rings. The summed E-state index contributed by atoms with van der Waals surface area (Å²) < 4.78 is 5.28. The number of nitrogens with one attached hydrogen (secondary N) is 2. The first kappa shape index (κ1) is 19.9. The molecule has 2 rings (SSSR count). The van der Waals surface area contributed by atoms with Crippen molar-refractivity contribution in [3.8, 4) is 0 Å². The van der Waals surface area contributed by atoms with Gasteiger partial charge in [0.15, 0.2) is 6.10 Å². The van der Waals surface area contributed by atoms with E-state index in [9.17, 15) is 14.4 Å². The molecular formula is C20H28N2O4. The van der Waals surface area contributed by atoms with Gasteiger partial charge in [0.05, 0.1) is 5.56 Å². The van der Waals surface area contributed by atoms with Gasteiger partial charge < -0.3 is 15.4 Å².